The summed E-state index contributed by atoms with van der Waals surface area (Å²) in [5.41, 5.74) is 6.54. The molecule has 1 aliphatic rings. The van der Waals surface area contributed by atoms with Crippen LogP contribution in [0.1, 0.15) is 11.3 Å². The molecule has 0 bridgehead atoms. The fourth-order valence-corrected chi connectivity index (χ4v) is 3.13. The minimum absolute atomic E-state index is 0.295. The lowest BCUT2D eigenvalue weighted by molar-refractivity contribution is -0.143. The van der Waals surface area contributed by atoms with E-state index in [4.69, 9.17) is 5.73 Å². The fraction of sp³-hybridized carbons (Fsp3) is 0.667. The Labute approximate surface area is 114 Å². The predicted octanol–water partition coefficient (Wildman–Crippen LogP) is 2.30. The third kappa shape index (κ3) is 4.67. The lowest BCUT2D eigenvalue weighted by Gasteiger charge is -2.18. The molecule has 7 heteroatoms. The lowest BCUT2D eigenvalue weighted by Crippen LogP contribution is -2.33. The van der Waals surface area contributed by atoms with Crippen molar-refractivity contribution in [3.63, 3.8) is 0 Å². The van der Waals surface area contributed by atoms with E-state index in [1.54, 1.807) is 11.3 Å². The van der Waals surface area contributed by atoms with E-state index in [-0.39, 0.29) is 0 Å². The number of halogens is 3. The molecule has 2 heterocycles. The summed E-state index contributed by atoms with van der Waals surface area (Å²) in [5, 5.41) is 5.21. The number of likely N-dealkylation sites (tertiary alicyclic amines) is 1. The van der Waals surface area contributed by atoms with Crippen molar-refractivity contribution in [2.75, 3.05) is 31.9 Å². The van der Waals surface area contributed by atoms with Crippen LogP contribution in [0.3, 0.4) is 0 Å². The number of hydrogen-bond acceptors (Lipinski definition) is 4. The molecular formula is C12H18F3N3S. The number of anilines is 1. The van der Waals surface area contributed by atoms with Gasteiger partial charge in [-0.05, 0) is 36.9 Å². The van der Waals surface area contributed by atoms with Gasteiger partial charge in [-0.1, -0.05) is 0 Å². The Kier molecular flexibility index (Phi) is 4.70. The maximum Gasteiger partial charge on any atom is 0.401 e. The molecule has 0 aliphatic carbocycles. The van der Waals surface area contributed by atoms with E-state index >= 15 is 0 Å². The van der Waals surface area contributed by atoms with Gasteiger partial charge in [0.1, 0.15) is 0 Å². The lowest BCUT2D eigenvalue weighted by atomic mass is 10.1. The van der Waals surface area contributed by atoms with Crippen molar-refractivity contribution in [2.24, 2.45) is 5.92 Å². The van der Waals surface area contributed by atoms with Crippen molar-refractivity contribution in [1.29, 1.82) is 0 Å². The SMILES string of the molecule is Nc1ccsc1CNCC1CCN(CC(F)(F)F)C1. The predicted molar refractivity (Wildman–Crippen MR) is 71.0 cm³/mol. The molecule has 0 saturated carbocycles. The highest BCUT2D eigenvalue weighted by Gasteiger charge is 2.34. The second-order valence-electron chi connectivity index (χ2n) is 4.94. The van der Waals surface area contributed by atoms with Crippen molar-refractivity contribution in [3.05, 3.63) is 16.3 Å². The molecule has 0 aromatic carbocycles. The van der Waals surface area contributed by atoms with Crippen LogP contribution in [0.4, 0.5) is 18.9 Å². The van der Waals surface area contributed by atoms with Crippen LogP contribution in [0.25, 0.3) is 0 Å². The molecule has 1 aromatic rings. The van der Waals surface area contributed by atoms with Gasteiger partial charge in [0.05, 0.1) is 6.54 Å². The van der Waals surface area contributed by atoms with Gasteiger partial charge >= 0.3 is 6.18 Å². The Morgan fingerprint density at radius 2 is 2.26 bits per heavy atom. The topological polar surface area (TPSA) is 41.3 Å². The number of nitrogen functional groups attached to an aromatic ring is 1. The van der Waals surface area contributed by atoms with Gasteiger partial charge in [-0.15, -0.1) is 11.3 Å². The van der Waals surface area contributed by atoms with Crippen LogP contribution in [0.2, 0.25) is 0 Å². The van der Waals surface area contributed by atoms with Gasteiger partial charge in [-0.2, -0.15) is 13.2 Å². The van der Waals surface area contributed by atoms with E-state index in [0.717, 1.165) is 23.5 Å². The monoisotopic (exact) mass is 293 g/mol. The maximum absolute atomic E-state index is 12.2. The van der Waals surface area contributed by atoms with Crippen LogP contribution >= 0.6 is 11.3 Å². The average molecular weight is 293 g/mol. The summed E-state index contributed by atoms with van der Waals surface area (Å²) in [6.07, 6.45) is -3.27. The second kappa shape index (κ2) is 6.11. The van der Waals surface area contributed by atoms with Crippen LogP contribution in [0.5, 0.6) is 0 Å². The fourth-order valence-electron chi connectivity index (χ4n) is 2.36. The number of alkyl halides is 3. The van der Waals surface area contributed by atoms with Gasteiger partial charge in [-0.25, -0.2) is 0 Å². The summed E-state index contributed by atoms with van der Waals surface area (Å²) < 4.78 is 36.7. The van der Waals surface area contributed by atoms with Crippen LogP contribution in [-0.2, 0) is 6.54 Å². The van der Waals surface area contributed by atoms with Gasteiger partial charge in [0.25, 0.3) is 0 Å². The minimum atomic E-state index is -4.09. The smallest absolute Gasteiger partial charge is 0.398 e. The summed E-state index contributed by atoms with van der Waals surface area (Å²) in [6.45, 7) is 1.70. The molecule has 0 radical (unpaired) electrons. The Morgan fingerprint density at radius 1 is 1.47 bits per heavy atom. The van der Waals surface area contributed by atoms with Crippen molar-refractivity contribution in [3.8, 4) is 0 Å². The van der Waals surface area contributed by atoms with E-state index in [1.165, 1.54) is 4.90 Å². The van der Waals surface area contributed by atoms with E-state index in [0.29, 0.717) is 25.6 Å². The molecular weight excluding hydrogens is 275 g/mol. The van der Waals surface area contributed by atoms with Crippen molar-refractivity contribution in [2.45, 2.75) is 19.1 Å². The molecule has 1 aliphatic heterocycles. The third-order valence-electron chi connectivity index (χ3n) is 3.27. The number of nitrogens with two attached hydrogens (primary N) is 1. The maximum atomic E-state index is 12.2. The zero-order valence-corrected chi connectivity index (χ0v) is 11.4. The highest BCUT2D eigenvalue weighted by Crippen LogP contribution is 2.23. The van der Waals surface area contributed by atoms with E-state index in [9.17, 15) is 13.2 Å². The number of nitrogens with one attached hydrogen (secondary N) is 1. The van der Waals surface area contributed by atoms with Crippen molar-refractivity contribution < 1.29 is 13.2 Å². The summed E-state index contributed by atoms with van der Waals surface area (Å²) in [7, 11) is 0. The molecule has 1 saturated heterocycles. The Balaban J connectivity index is 1.67. The van der Waals surface area contributed by atoms with Gasteiger partial charge in [0, 0.05) is 23.7 Å². The van der Waals surface area contributed by atoms with Crippen LogP contribution in [0, 0.1) is 5.92 Å². The largest absolute Gasteiger partial charge is 0.401 e. The highest BCUT2D eigenvalue weighted by molar-refractivity contribution is 7.10. The molecule has 1 fully saturated rings. The molecule has 0 spiro atoms. The number of nitrogens with zero attached hydrogens (tertiary/aromatic N) is 1. The Morgan fingerprint density at radius 3 is 2.89 bits per heavy atom. The molecule has 19 heavy (non-hydrogen) atoms. The second-order valence-corrected chi connectivity index (χ2v) is 5.94. The zero-order chi connectivity index (χ0) is 13.9. The normalized spacial score (nSPS) is 21.1. The van der Waals surface area contributed by atoms with E-state index in [1.807, 2.05) is 11.4 Å². The van der Waals surface area contributed by atoms with E-state index in [2.05, 4.69) is 5.32 Å². The van der Waals surface area contributed by atoms with Gasteiger partial charge in [0.15, 0.2) is 0 Å². The average Bonchev–Trinajstić information content (AvgIpc) is 2.87. The quantitative estimate of drug-likeness (QED) is 0.875. The molecule has 3 nitrogen and oxygen atoms in total. The molecule has 2 rings (SSSR count). The first-order chi connectivity index (χ1) is 8.94. The number of thiophene rings is 1. The third-order valence-corrected chi connectivity index (χ3v) is 4.21. The molecule has 1 aromatic heterocycles. The van der Waals surface area contributed by atoms with Crippen LogP contribution < -0.4 is 11.1 Å². The van der Waals surface area contributed by atoms with Gasteiger partial charge < -0.3 is 11.1 Å². The first-order valence-electron chi connectivity index (χ1n) is 6.26. The van der Waals surface area contributed by atoms with Crippen LogP contribution in [0.15, 0.2) is 11.4 Å². The minimum Gasteiger partial charge on any atom is -0.398 e. The Bertz CT molecular complexity index is 405. The summed E-state index contributed by atoms with van der Waals surface area (Å²) in [6, 6.07) is 1.86. The first-order valence-corrected chi connectivity index (χ1v) is 7.13. The number of hydrogen-bond donors (Lipinski definition) is 2. The molecule has 3 N–H and O–H groups in total. The summed E-state index contributed by atoms with van der Waals surface area (Å²) in [4.78, 5) is 2.57. The van der Waals surface area contributed by atoms with Gasteiger partial charge in [-0.3, -0.25) is 4.90 Å². The number of rotatable bonds is 5. The van der Waals surface area contributed by atoms with Crippen LogP contribution in [-0.4, -0.2) is 37.3 Å². The van der Waals surface area contributed by atoms with Gasteiger partial charge in [0.2, 0.25) is 0 Å². The standard InChI is InChI=1S/C12H18F3N3S/c13-12(14,15)8-18-3-1-9(7-18)5-17-6-11-10(16)2-4-19-11/h2,4,9,17H,1,3,5-8,16H2. The molecule has 1 unspecified atom stereocenters. The Hall–Kier alpha value is -0.790. The first kappa shape index (κ1) is 14.6. The van der Waals surface area contributed by atoms with Crippen molar-refractivity contribution >= 4 is 17.0 Å². The van der Waals surface area contributed by atoms with Crippen molar-refractivity contribution in [1.82, 2.24) is 10.2 Å². The summed E-state index contributed by atoms with van der Waals surface area (Å²) in [5.74, 6) is 0.295. The zero-order valence-electron chi connectivity index (χ0n) is 10.5. The molecule has 1 atom stereocenters. The molecule has 0 amide bonds. The summed E-state index contributed by atoms with van der Waals surface area (Å²) >= 11 is 1.59. The highest BCUT2D eigenvalue weighted by atomic mass is 32.1. The molecule has 108 valence electrons. The van der Waals surface area contributed by atoms with E-state index < -0.39 is 12.7 Å².